The minimum Gasteiger partial charge on any atom is -0.313 e. The van der Waals surface area contributed by atoms with Crippen LogP contribution in [0.2, 0.25) is 0 Å². The van der Waals surface area contributed by atoms with Crippen molar-refractivity contribution in [2.24, 2.45) is 5.41 Å². The van der Waals surface area contributed by atoms with Crippen LogP contribution in [0, 0.1) is 11.2 Å². The molecule has 0 bridgehead atoms. The zero-order valence-corrected chi connectivity index (χ0v) is 13.0. The van der Waals surface area contributed by atoms with Crippen LogP contribution in [-0.4, -0.2) is 37.6 Å². The van der Waals surface area contributed by atoms with Crippen LogP contribution in [0.4, 0.5) is 4.39 Å². The average Bonchev–Trinajstić information content (AvgIpc) is 2.43. The molecule has 0 saturated carbocycles. The van der Waals surface area contributed by atoms with Crippen molar-refractivity contribution in [2.75, 3.05) is 26.7 Å². The first-order valence-corrected chi connectivity index (χ1v) is 7.63. The van der Waals surface area contributed by atoms with E-state index in [4.69, 9.17) is 0 Å². The van der Waals surface area contributed by atoms with Gasteiger partial charge in [-0.3, -0.25) is 0 Å². The first kappa shape index (κ1) is 15.5. The van der Waals surface area contributed by atoms with Gasteiger partial charge in [-0.15, -0.1) is 0 Å². The fraction of sp³-hybridized carbons (Fsp3) is 0.647. The molecule has 1 saturated heterocycles. The molecule has 2 nitrogen and oxygen atoms in total. The molecule has 1 fully saturated rings. The van der Waals surface area contributed by atoms with Crippen LogP contribution < -0.4 is 5.32 Å². The highest BCUT2D eigenvalue weighted by Gasteiger charge is 2.28. The number of hydrogen-bond donors (Lipinski definition) is 1. The Morgan fingerprint density at radius 1 is 1.25 bits per heavy atom. The van der Waals surface area contributed by atoms with E-state index in [1.807, 2.05) is 12.1 Å². The molecule has 0 spiro atoms. The number of rotatable bonds is 5. The molecule has 1 aromatic carbocycles. The average molecular weight is 278 g/mol. The van der Waals surface area contributed by atoms with Crippen LogP contribution in [0.3, 0.4) is 0 Å². The van der Waals surface area contributed by atoms with Gasteiger partial charge in [0.1, 0.15) is 5.82 Å². The van der Waals surface area contributed by atoms with Crippen molar-refractivity contribution in [3.05, 3.63) is 35.6 Å². The lowest BCUT2D eigenvalue weighted by molar-refractivity contribution is 0.134. The van der Waals surface area contributed by atoms with Crippen molar-refractivity contribution >= 4 is 0 Å². The van der Waals surface area contributed by atoms with Gasteiger partial charge in [-0.1, -0.05) is 19.1 Å². The van der Waals surface area contributed by atoms with E-state index in [1.54, 1.807) is 12.1 Å². The normalized spacial score (nSPS) is 20.8. The summed E-state index contributed by atoms with van der Waals surface area (Å²) in [6.07, 6.45) is 3.48. The van der Waals surface area contributed by atoms with Crippen LogP contribution >= 0.6 is 0 Å². The van der Waals surface area contributed by atoms with Crippen LogP contribution in [0.25, 0.3) is 0 Å². The summed E-state index contributed by atoms with van der Waals surface area (Å²) in [5.74, 6) is -0.159. The van der Waals surface area contributed by atoms with E-state index in [1.165, 1.54) is 31.5 Å². The van der Waals surface area contributed by atoms with Crippen LogP contribution in [0.1, 0.15) is 32.3 Å². The Kier molecular flexibility index (Phi) is 5.17. The summed E-state index contributed by atoms with van der Waals surface area (Å²) in [6.45, 7) is 8.07. The summed E-state index contributed by atoms with van der Waals surface area (Å²) in [7, 11) is 2.20. The van der Waals surface area contributed by atoms with E-state index in [2.05, 4.69) is 31.1 Å². The number of hydrogen-bond acceptors (Lipinski definition) is 2. The fourth-order valence-electron chi connectivity index (χ4n) is 2.80. The lowest BCUT2D eigenvalue weighted by Crippen LogP contribution is -2.44. The van der Waals surface area contributed by atoms with Crippen LogP contribution in [0.5, 0.6) is 0 Å². The molecule has 20 heavy (non-hydrogen) atoms. The van der Waals surface area contributed by atoms with E-state index in [0.29, 0.717) is 11.5 Å². The highest BCUT2D eigenvalue weighted by molar-refractivity contribution is 5.17. The SMILES string of the molecule is CC(Cc1ccc(F)cc1)NCC1(C)CCN(C)CC1. The van der Waals surface area contributed by atoms with Crippen molar-refractivity contribution < 1.29 is 4.39 Å². The smallest absolute Gasteiger partial charge is 0.123 e. The van der Waals surface area contributed by atoms with Gasteiger partial charge in [0.25, 0.3) is 0 Å². The molecule has 0 amide bonds. The molecule has 1 aromatic rings. The predicted octanol–water partition coefficient (Wildman–Crippen LogP) is 3.08. The predicted molar refractivity (Wildman–Crippen MR) is 82.4 cm³/mol. The lowest BCUT2D eigenvalue weighted by atomic mass is 9.80. The molecule has 1 N–H and O–H groups in total. The number of halogens is 1. The number of piperidine rings is 1. The van der Waals surface area contributed by atoms with Gasteiger partial charge in [0.05, 0.1) is 0 Å². The van der Waals surface area contributed by atoms with Gasteiger partial charge in [-0.25, -0.2) is 4.39 Å². The van der Waals surface area contributed by atoms with Gasteiger partial charge in [0.2, 0.25) is 0 Å². The maximum atomic E-state index is 12.9. The maximum absolute atomic E-state index is 12.9. The van der Waals surface area contributed by atoms with Crippen molar-refractivity contribution in [3.8, 4) is 0 Å². The standard InChI is InChI=1S/C17H27FN2/c1-14(12-15-4-6-16(18)7-5-15)19-13-17(2)8-10-20(3)11-9-17/h4-7,14,19H,8-13H2,1-3H3. The Hall–Kier alpha value is -0.930. The second-order valence-electron chi connectivity index (χ2n) is 6.73. The summed E-state index contributed by atoms with van der Waals surface area (Å²) < 4.78 is 12.9. The second kappa shape index (κ2) is 6.68. The Morgan fingerprint density at radius 2 is 1.85 bits per heavy atom. The van der Waals surface area contributed by atoms with Gasteiger partial charge in [-0.2, -0.15) is 0 Å². The molecule has 0 aromatic heterocycles. The third kappa shape index (κ3) is 4.57. The largest absolute Gasteiger partial charge is 0.313 e. The summed E-state index contributed by atoms with van der Waals surface area (Å²) in [4.78, 5) is 2.41. The monoisotopic (exact) mass is 278 g/mol. The van der Waals surface area contributed by atoms with Gasteiger partial charge < -0.3 is 10.2 Å². The Morgan fingerprint density at radius 3 is 2.45 bits per heavy atom. The quantitative estimate of drug-likeness (QED) is 0.890. The Balaban J connectivity index is 1.77. The van der Waals surface area contributed by atoms with E-state index in [9.17, 15) is 4.39 Å². The molecule has 1 aliphatic rings. The highest BCUT2D eigenvalue weighted by Crippen LogP contribution is 2.29. The number of nitrogens with zero attached hydrogens (tertiary/aromatic N) is 1. The maximum Gasteiger partial charge on any atom is 0.123 e. The lowest BCUT2D eigenvalue weighted by Gasteiger charge is -2.38. The number of likely N-dealkylation sites (tertiary alicyclic amines) is 1. The number of nitrogens with one attached hydrogen (secondary N) is 1. The molecule has 1 heterocycles. The molecule has 0 aliphatic carbocycles. The van der Waals surface area contributed by atoms with E-state index >= 15 is 0 Å². The highest BCUT2D eigenvalue weighted by atomic mass is 19.1. The summed E-state index contributed by atoms with van der Waals surface area (Å²) in [6, 6.07) is 7.27. The van der Waals surface area contributed by atoms with Crippen molar-refractivity contribution in [2.45, 2.75) is 39.2 Å². The van der Waals surface area contributed by atoms with E-state index < -0.39 is 0 Å². The summed E-state index contributed by atoms with van der Waals surface area (Å²) in [5.41, 5.74) is 1.61. The molecule has 1 unspecified atom stereocenters. The third-order valence-electron chi connectivity index (χ3n) is 4.53. The van der Waals surface area contributed by atoms with E-state index in [0.717, 1.165) is 13.0 Å². The molecular weight excluding hydrogens is 251 g/mol. The molecule has 112 valence electrons. The summed E-state index contributed by atoms with van der Waals surface area (Å²) >= 11 is 0. The molecule has 1 aliphatic heterocycles. The van der Waals surface area contributed by atoms with Crippen molar-refractivity contribution in [1.29, 1.82) is 0 Å². The second-order valence-corrected chi connectivity index (χ2v) is 6.73. The van der Waals surface area contributed by atoms with Gasteiger partial charge in [0.15, 0.2) is 0 Å². The van der Waals surface area contributed by atoms with Gasteiger partial charge >= 0.3 is 0 Å². The fourth-order valence-corrected chi connectivity index (χ4v) is 2.80. The molecule has 2 rings (SSSR count). The third-order valence-corrected chi connectivity index (χ3v) is 4.53. The van der Waals surface area contributed by atoms with Crippen LogP contribution in [0.15, 0.2) is 24.3 Å². The van der Waals surface area contributed by atoms with Crippen LogP contribution in [-0.2, 0) is 6.42 Å². The van der Waals surface area contributed by atoms with Crippen molar-refractivity contribution in [1.82, 2.24) is 10.2 Å². The molecule has 1 atom stereocenters. The minimum absolute atomic E-state index is 0.159. The molecule has 0 radical (unpaired) electrons. The Labute approximate surface area is 122 Å². The zero-order valence-electron chi connectivity index (χ0n) is 13.0. The Bertz CT molecular complexity index is 408. The molecular formula is C17H27FN2. The number of benzene rings is 1. The van der Waals surface area contributed by atoms with Crippen molar-refractivity contribution in [3.63, 3.8) is 0 Å². The first-order chi connectivity index (χ1) is 9.47. The zero-order chi connectivity index (χ0) is 14.6. The summed E-state index contributed by atoms with van der Waals surface area (Å²) in [5, 5.41) is 3.66. The minimum atomic E-state index is -0.159. The van der Waals surface area contributed by atoms with Gasteiger partial charge in [0, 0.05) is 12.6 Å². The van der Waals surface area contributed by atoms with E-state index in [-0.39, 0.29) is 5.82 Å². The topological polar surface area (TPSA) is 15.3 Å². The van der Waals surface area contributed by atoms with Gasteiger partial charge in [-0.05, 0) is 69.4 Å². The molecule has 3 heteroatoms. The first-order valence-electron chi connectivity index (χ1n) is 7.63.